The van der Waals surface area contributed by atoms with Crippen LogP contribution in [0, 0.1) is 0 Å². The standard InChI is InChI=1S/C12H12BrN3O3S/c1-19-11-4-3-9(6-10(11)14)20(17,18)16-12-5-2-8(13)7-15-12/h2-7H,14H2,1H3,(H,15,16). The van der Waals surface area contributed by atoms with Crippen molar-refractivity contribution in [3.63, 3.8) is 0 Å². The van der Waals surface area contributed by atoms with Crippen molar-refractivity contribution < 1.29 is 13.2 Å². The summed E-state index contributed by atoms with van der Waals surface area (Å²) in [4.78, 5) is 3.99. The van der Waals surface area contributed by atoms with E-state index in [0.29, 0.717) is 5.75 Å². The lowest BCUT2D eigenvalue weighted by molar-refractivity contribution is 0.416. The van der Waals surface area contributed by atoms with Crippen LogP contribution in [0.5, 0.6) is 5.75 Å². The monoisotopic (exact) mass is 357 g/mol. The van der Waals surface area contributed by atoms with Gasteiger partial charge in [-0.25, -0.2) is 13.4 Å². The van der Waals surface area contributed by atoms with Crippen molar-refractivity contribution in [1.29, 1.82) is 0 Å². The van der Waals surface area contributed by atoms with E-state index in [1.54, 1.807) is 12.1 Å². The van der Waals surface area contributed by atoms with Gasteiger partial charge in [0.2, 0.25) is 0 Å². The number of nitrogens with one attached hydrogen (secondary N) is 1. The van der Waals surface area contributed by atoms with Gasteiger partial charge >= 0.3 is 0 Å². The fraction of sp³-hybridized carbons (Fsp3) is 0.0833. The normalized spacial score (nSPS) is 11.1. The van der Waals surface area contributed by atoms with Crippen LogP contribution >= 0.6 is 15.9 Å². The lowest BCUT2D eigenvalue weighted by atomic mass is 10.3. The molecule has 0 amide bonds. The summed E-state index contributed by atoms with van der Waals surface area (Å²) in [6, 6.07) is 7.48. The van der Waals surface area contributed by atoms with Crippen LogP contribution < -0.4 is 15.2 Å². The van der Waals surface area contributed by atoms with Crippen LogP contribution in [-0.4, -0.2) is 20.5 Å². The first-order chi connectivity index (χ1) is 9.42. The summed E-state index contributed by atoms with van der Waals surface area (Å²) in [7, 11) is -2.27. The van der Waals surface area contributed by atoms with E-state index >= 15 is 0 Å². The van der Waals surface area contributed by atoms with Crippen LogP contribution in [0.4, 0.5) is 11.5 Å². The molecule has 0 atom stereocenters. The minimum absolute atomic E-state index is 0.0421. The molecule has 20 heavy (non-hydrogen) atoms. The third-order valence-electron chi connectivity index (χ3n) is 2.48. The molecule has 8 heteroatoms. The van der Waals surface area contributed by atoms with Crippen molar-refractivity contribution in [1.82, 2.24) is 4.98 Å². The Morgan fingerprint density at radius 3 is 2.60 bits per heavy atom. The van der Waals surface area contributed by atoms with Crippen LogP contribution in [0.3, 0.4) is 0 Å². The summed E-state index contributed by atoms with van der Waals surface area (Å²) < 4.78 is 32.5. The second-order valence-corrected chi connectivity index (χ2v) is 6.47. The van der Waals surface area contributed by atoms with Crippen LogP contribution in [0.1, 0.15) is 0 Å². The zero-order valence-electron chi connectivity index (χ0n) is 10.5. The Labute approximate surface area is 125 Å². The molecule has 1 aromatic carbocycles. The van der Waals surface area contributed by atoms with E-state index < -0.39 is 10.0 Å². The topological polar surface area (TPSA) is 94.3 Å². The number of nitrogens with zero attached hydrogens (tertiary/aromatic N) is 1. The number of nitrogens with two attached hydrogens (primary N) is 1. The van der Waals surface area contributed by atoms with Crippen molar-refractivity contribution in [3.05, 3.63) is 41.0 Å². The van der Waals surface area contributed by atoms with Crippen LogP contribution in [0.25, 0.3) is 0 Å². The second kappa shape index (κ2) is 5.68. The van der Waals surface area contributed by atoms with E-state index in [1.165, 1.54) is 31.5 Å². The molecule has 0 saturated carbocycles. The number of pyridine rings is 1. The number of sulfonamides is 1. The number of hydrogen-bond donors (Lipinski definition) is 2. The molecule has 0 fully saturated rings. The molecule has 0 radical (unpaired) electrons. The highest BCUT2D eigenvalue weighted by Gasteiger charge is 2.16. The van der Waals surface area contributed by atoms with Crippen molar-refractivity contribution in [2.75, 3.05) is 17.6 Å². The molecule has 0 spiro atoms. The summed E-state index contributed by atoms with van der Waals surface area (Å²) in [6.07, 6.45) is 1.50. The van der Waals surface area contributed by atoms with E-state index in [1.807, 2.05) is 0 Å². The highest BCUT2D eigenvalue weighted by atomic mass is 79.9. The molecule has 0 saturated heterocycles. The van der Waals surface area contributed by atoms with Gasteiger partial charge in [0.1, 0.15) is 11.6 Å². The molecule has 3 N–H and O–H groups in total. The summed E-state index contributed by atoms with van der Waals surface area (Å²) in [5.74, 6) is 0.647. The number of hydrogen-bond acceptors (Lipinski definition) is 5. The van der Waals surface area contributed by atoms with Gasteiger partial charge in [-0.3, -0.25) is 4.72 Å². The first kappa shape index (κ1) is 14.6. The van der Waals surface area contributed by atoms with Gasteiger partial charge in [-0.05, 0) is 46.3 Å². The molecule has 106 valence electrons. The average Bonchev–Trinajstić information content (AvgIpc) is 2.41. The van der Waals surface area contributed by atoms with E-state index in [-0.39, 0.29) is 16.4 Å². The predicted molar refractivity (Wildman–Crippen MR) is 80.2 cm³/mol. The number of halogens is 1. The Morgan fingerprint density at radius 1 is 1.30 bits per heavy atom. The van der Waals surface area contributed by atoms with Gasteiger partial charge < -0.3 is 10.5 Å². The first-order valence-electron chi connectivity index (χ1n) is 5.50. The maximum Gasteiger partial charge on any atom is 0.263 e. The Balaban J connectivity index is 2.30. The van der Waals surface area contributed by atoms with Crippen LogP contribution in [0.15, 0.2) is 45.9 Å². The van der Waals surface area contributed by atoms with Gasteiger partial charge in [-0.2, -0.15) is 0 Å². The van der Waals surface area contributed by atoms with Gasteiger partial charge in [0.25, 0.3) is 10.0 Å². The van der Waals surface area contributed by atoms with Crippen LogP contribution in [0.2, 0.25) is 0 Å². The largest absolute Gasteiger partial charge is 0.495 e. The summed E-state index contributed by atoms with van der Waals surface area (Å²) in [5, 5.41) is 0. The van der Waals surface area contributed by atoms with Crippen molar-refractivity contribution >= 4 is 37.5 Å². The lowest BCUT2D eigenvalue weighted by Gasteiger charge is -2.09. The van der Waals surface area contributed by atoms with Gasteiger partial charge in [0.05, 0.1) is 17.7 Å². The van der Waals surface area contributed by atoms with E-state index in [2.05, 4.69) is 25.6 Å². The summed E-state index contributed by atoms with van der Waals surface area (Å²) in [6.45, 7) is 0. The summed E-state index contributed by atoms with van der Waals surface area (Å²) >= 11 is 3.23. The molecular weight excluding hydrogens is 346 g/mol. The Morgan fingerprint density at radius 2 is 2.05 bits per heavy atom. The fourth-order valence-electron chi connectivity index (χ4n) is 1.51. The molecule has 2 rings (SSSR count). The minimum atomic E-state index is -3.74. The van der Waals surface area contributed by atoms with Crippen molar-refractivity contribution in [2.45, 2.75) is 4.90 Å². The zero-order chi connectivity index (χ0) is 14.8. The molecule has 0 aliphatic rings. The fourth-order valence-corrected chi connectivity index (χ4v) is 2.79. The second-order valence-electron chi connectivity index (χ2n) is 3.87. The van der Waals surface area contributed by atoms with E-state index in [0.717, 1.165) is 4.47 Å². The molecule has 1 aromatic heterocycles. The van der Waals surface area contributed by atoms with E-state index in [9.17, 15) is 8.42 Å². The molecule has 6 nitrogen and oxygen atoms in total. The molecule has 2 aromatic rings. The van der Waals surface area contributed by atoms with Crippen molar-refractivity contribution in [2.24, 2.45) is 0 Å². The minimum Gasteiger partial charge on any atom is -0.495 e. The molecule has 0 aliphatic heterocycles. The highest BCUT2D eigenvalue weighted by molar-refractivity contribution is 9.10. The quantitative estimate of drug-likeness (QED) is 0.818. The molecular formula is C12H12BrN3O3S. The van der Waals surface area contributed by atoms with Gasteiger partial charge in [-0.15, -0.1) is 0 Å². The number of nitrogen functional groups attached to an aromatic ring is 1. The first-order valence-corrected chi connectivity index (χ1v) is 7.78. The average molecular weight is 358 g/mol. The molecule has 0 unspecified atom stereocenters. The van der Waals surface area contributed by atoms with Gasteiger partial charge in [0.15, 0.2) is 0 Å². The number of anilines is 2. The lowest BCUT2D eigenvalue weighted by Crippen LogP contribution is -2.14. The zero-order valence-corrected chi connectivity index (χ0v) is 12.9. The molecule has 0 aliphatic carbocycles. The SMILES string of the molecule is COc1ccc(S(=O)(=O)Nc2ccc(Br)cn2)cc1N. The molecule has 0 bridgehead atoms. The van der Waals surface area contributed by atoms with E-state index in [4.69, 9.17) is 10.5 Å². The number of benzene rings is 1. The smallest absolute Gasteiger partial charge is 0.263 e. The Bertz CT molecular complexity index is 717. The predicted octanol–water partition coefficient (Wildman–Crippen LogP) is 2.24. The van der Waals surface area contributed by atoms with Gasteiger partial charge in [-0.1, -0.05) is 0 Å². The van der Waals surface area contributed by atoms with Crippen LogP contribution in [-0.2, 0) is 10.0 Å². The number of ether oxygens (including phenoxy) is 1. The maximum atomic E-state index is 12.2. The maximum absolute atomic E-state index is 12.2. The van der Waals surface area contributed by atoms with Crippen molar-refractivity contribution in [3.8, 4) is 5.75 Å². The number of rotatable bonds is 4. The number of methoxy groups -OCH3 is 1. The Hall–Kier alpha value is -1.80. The molecule has 1 heterocycles. The Kier molecular flexibility index (Phi) is 4.15. The third-order valence-corrected chi connectivity index (χ3v) is 4.30. The third kappa shape index (κ3) is 3.20. The van der Waals surface area contributed by atoms with Gasteiger partial charge in [0, 0.05) is 10.7 Å². The number of aromatic nitrogens is 1. The highest BCUT2D eigenvalue weighted by Crippen LogP contribution is 2.25. The summed E-state index contributed by atoms with van der Waals surface area (Å²) in [5.41, 5.74) is 5.95.